The maximum Gasteiger partial charge on any atom is 0.311 e. The number of carbonyl (C=O) groups excluding carboxylic acids is 4. The summed E-state index contributed by atoms with van der Waals surface area (Å²) in [4.78, 5) is 110. The summed E-state index contributed by atoms with van der Waals surface area (Å²) in [6.07, 6.45) is 36.8. The van der Waals surface area contributed by atoms with Gasteiger partial charge < -0.3 is 54.2 Å². The third-order valence-electron chi connectivity index (χ3n) is 36.8. The van der Waals surface area contributed by atoms with Gasteiger partial charge in [-0.05, 0) is 431 Å². The number of aromatic nitrogens is 1. The molecular weight excluding hydrogens is 1850 g/mol. The van der Waals surface area contributed by atoms with Crippen molar-refractivity contribution in [2.24, 2.45) is 125 Å². The number of carboxylic acids is 6. The second kappa shape index (κ2) is 57.9. The molecule has 0 spiro atoms. The number of para-hydroxylation sites is 2. The van der Waals surface area contributed by atoms with Gasteiger partial charge >= 0.3 is 59.7 Å². The van der Waals surface area contributed by atoms with Crippen molar-refractivity contribution in [2.75, 3.05) is 0 Å². The lowest BCUT2D eigenvalue weighted by atomic mass is 9.80. The van der Waals surface area contributed by atoms with Crippen LogP contribution in [0.25, 0.3) is 32.6 Å². The lowest BCUT2D eigenvalue weighted by molar-refractivity contribution is -0.164. The van der Waals surface area contributed by atoms with E-state index in [0.717, 1.165) is 117 Å². The Morgan fingerprint density at radius 1 is 0.279 bits per heavy atom. The van der Waals surface area contributed by atoms with Crippen LogP contribution in [0.4, 0.5) is 0 Å². The second-order valence-electron chi connectivity index (χ2n) is 50.7. The van der Waals surface area contributed by atoms with Crippen molar-refractivity contribution in [3.63, 3.8) is 0 Å². The zero-order valence-corrected chi connectivity index (χ0v) is 98.0. The number of carboxylic acid groups (broad SMARTS) is 6. The highest BCUT2D eigenvalue weighted by Gasteiger charge is 2.59. The molecule has 17 unspecified atom stereocenters. The predicted octanol–water partition coefficient (Wildman–Crippen LogP) is 32.8. The smallest absolute Gasteiger partial charge is 0.311 e. The first-order valence-corrected chi connectivity index (χ1v) is 57.0. The number of aliphatic carboxylic acids is 6. The first-order chi connectivity index (χ1) is 68.3. The molecule has 834 valence electrons. The van der Waals surface area contributed by atoms with E-state index in [2.05, 4.69) is 144 Å². The summed E-state index contributed by atoms with van der Waals surface area (Å²) in [5.74, 6) is 6.64. The third kappa shape index (κ3) is 37.0. The monoisotopic (exact) mass is 2050 g/mol. The average molecular weight is 2050 g/mol. The maximum absolute atomic E-state index is 12.2. The van der Waals surface area contributed by atoms with Crippen molar-refractivity contribution in [1.29, 1.82) is 0 Å². The van der Waals surface area contributed by atoms with Gasteiger partial charge in [-0.25, -0.2) is 0 Å². The molecule has 0 aliphatic heterocycles. The number of esters is 4. The van der Waals surface area contributed by atoms with Gasteiger partial charge in [-0.2, -0.15) is 0 Å². The fourth-order valence-corrected chi connectivity index (χ4v) is 20.7. The van der Waals surface area contributed by atoms with Gasteiger partial charge in [0.05, 0.1) is 54.1 Å². The van der Waals surface area contributed by atoms with E-state index in [1.807, 2.05) is 104 Å². The molecule has 10 aliphatic carbocycles. The number of rotatable bonds is 28. The number of nitrogens with zero attached hydrogens (tertiary/aromatic N) is 1. The largest absolute Gasteiger partial charge is 0.481 e. The average Bonchev–Trinajstić information content (AvgIpc) is 1.57. The van der Waals surface area contributed by atoms with Crippen LogP contribution in [0.5, 0.6) is 0 Å². The van der Waals surface area contributed by atoms with Crippen molar-refractivity contribution in [3.05, 3.63) is 96.6 Å². The van der Waals surface area contributed by atoms with Gasteiger partial charge in [-0.15, -0.1) is 0 Å². The lowest BCUT2D eigenvalue weighted by Gasteiger charge is -2.33. The van der Waals surface area contributed by atoms with Crippen LogP contribution >= 0.6 is 0 Å². The molecule has 0 amide bonds. The lowest BCUT2D eigenvalue weighted by Crippen LogP contribution is -2.36. The van der Waals surface area contributed by atoms with Crippen molar-refractivity contribution >= 4 is 92.3 Å². The van der Waals surface area contributed by atoms with E-state index < -0.39 is 68.3 Å². The fraction of sp³-hybridized carbons (Fsp3) is 0.746. The number of carbonyl (C=O) groups is 10. The van der Waals surface area contributed by atoms with Crippen molar-refractivity contribution in [1.82, 2.24) is 4.57 Å². The van der Waals surface area contributed by atoms with E-state index in [-0.39, 0.29) is 70.0 Å². The first-order valence-electron chi connectivity index (χ1n) is 57.0. The molecule has 5 aromatic rings. The van der Waals surface area contributed by atoms with E-state index in [4.69, 9.17) is 49.6 Å². The van der Waals surface area contributed by atoms with E-state index in [9.17, 15) is 47.9 Å². The van der Waals surface area contributed by atoms with E-state index >= 15 is 0 Å². The highest BCUT2D eigenvalue weighted by Crippen LogP contribution is 2.62. The van der Waals surface area contributed by atoms with Crippen molar-refractivity contribution in [3.8, 4) is 0 Å². The predicted molar refractivity (Wildman–Crippen MR) is 597 cm³/mol. The zero-order chi connectivity index (χ0) is 112. The van der Waals surface area contributed by atoms with Crippen LogP contribution in [0.2, 0.25) is 0 Å². The molecule has 1 aromatic heterocycles. The molecule has 1 heterocycles. The normalized spacial score (nSPS) is 23.8. The molecule has 0 saturated heterocycles. The molecule has 17 atom stereocenters. The van der Waals surface area contributed by atoms with Gasteiger partial charge in [-0.3, -0.25) is 47.9 Å². The Morgan fingerprint density at radius 2 is 0.531 bits per heavy atom. The third-order valence-corrected chi connectivity index (χ3v) is 36.8. The summed E-state index contributed by atoms with van der Waals surface area (Å²) in [5.41, 5.74) is -0.334. The van der Waals surface area contributed by atoms with Crippen LogP contribution < -0.4 is 0 Å². The summed E-state index contributed by atoms with van der Waals surface area (Å²) < 4.78 is 25.6. The molecule has 6 N–H and O–H groups in total. The van der Waals surface area contributed by atoms with Crippen LogP contribution in [0.3, 0.4) is 0 Å². The van der Waals surface area contributed by atoms with Gasteiger partial charge in [0.2, 0.25) is 0 Å². The Kier molecular flexibility index (Phi) is 51.6. The Balaban J connectivity index is 0.000000339. The fourth-order valence-electron chi connectivity index (χ4n) is 20.7. The molecular formula is C126H205NO20. The number of fused-ring (bicyclic) bond motifs is 19. The minimum Gasteiger partial charge on any atom is -0.481 e. The number of ether oxygens (including phenoxy) is 4. The molecule has 0 radical (unpaired) electrons. The first kappa shape index (κ1) is 131. The van der Waals surface area contributed by atoms with E-state index in [1.54, 1.807) is 83.1 Å². The molecule has 21 heteroatoms. The molecule has 10 fully saturated rings. The quantitative estimate of drug-likeness (QED) is 0.0200. The van der Waals surface area contributed by atoms with Crippen LogP contribution in [-0.2, 0) is 66.9 Å². The molecule has 4 aromatic carbocycles. The number of hydrogen-bond donors (Lipinski definition) is 6. The Labute approximate surface area is 888 Å². The molecule has 21 nitrogen and oxygen atoms in total. The molecule has 15 rings (SSSR count). The van der Waals surface area contributed by atoms with E-state index in [1.165, 1.54) is 141 Å². The van der Waals surface area contributed by atoms with E-state index in [0.29, 0.717) is 68.2 Å². The summed E-state index contributed by atoms with van der Waals surface area (Å²) in [7, 11) is 0. The van der Waals surface area contributed by atoms with Gasteiger partial charge in [0.15, 0.2) is 0 Å². The minimum absolute atomic E-state index is 0.0214. The zero-order valence-electron chi connectivity index (χ0n) is 98.0. The molecule has 147 heavy (non-hydrogen) atoms. The summed E-state index contributed by atoms with van der Waals surface area (Å²) in [5, 5.41) is 56.1. The highest BCUT2D eigenvalue weighted by molar-refractivity contribution is 6.08. The van der Waals surface area contributed by atoms with Crippen LogP contribution in [-0.4, -0.2) is 119 Å². The van der Waals surface area contributed by atoms with Gasteiger partial charge in [-0.1, -0.05) is 195 Å². The van der Waals surface area contributed by atoms with Gasteiger partial charge in [0.1, 0.15) is 24.4 Å². The van der Waals surface area contributed by atoms with Crippen LogP contribution in [0, 0.1) is 125 Å². The minimum atomic E-state index is -0.722. The van der Waals surface area contributed by atoms with Gasteiger partial charge in [0, 0.05) is 27.8 Å². The Morgan fingerprint density at radius 3 is 0.782 bits per heavy atom. The van der Waals surface area contributed by atoms with Crippen molar-refractivity contribution < 1.29 is 97.5 Å². The standard InChI is InChI=1S/C16H17N.3C16H26O2.C14H16.C12H22O2.6C6H12O2/c1-3-12(2)17-15-10-6-4-8-13(15)14-9-5-7-11-16(14)17;3*1-4-16(2,3)15(17)18-14-9-10-8-13(14)12-7-5-6-11(10)12;1-3-11(2)13-9-8-12-6-4-5-7-14(12)10-13;1-4-12(2,3)11(13)14-10-8-6-5-7-9-10;6*1-4-6(2,3)5(7)8/h4-12H,3H2,1-2H3;3*10-14H,4-9H2,1-3H3;4-11H,3H2,1-2H3;10H,4-9H2,1-3H3;6*4H2,1-3H3,(H,7,8). The van der Waals surface area contributed by atoms with Crippen molar-refractivity contribution in [2.45, 2.75) is 477 Å². The summed E-state index contributed by atoms with van der Waals surface area (Å²) in [6, 6.07) is 33.2. The summed E-state index contributed by atoms with van der Waals surface area (Å²) >= 11 is 0. The molecule has 10 saturated carbocycles. The maximum atomic E-state index is 12.2. The Hall–Kier alpha value is -8.36. The number of hydrogen-bond acceptors (Lipinski definition) is 14. The SMILES string of the molecule is CCC(C)(C)C(=O)O.CCC(C)(C)C(=O)O.CCC(C)(C)C(=O)O.CCC(C)(C)C(=O)O.CCC(C)(C)C(=O)O.CCC(C)(C)C(=O)O.CCC(C)(C)C(=O)OC1CC2CC1C1CCCC21.CCC(C)(C)C(=O)OC1CC2CC1C1CCCC21.CCC(C)(C)C(=O)OC1CC2CC1C1CCCC21.CCC(C)(C)C(=O)OC1CCCCC1.CCC(C)c1ccc2ccccc2c1.CCC(C)n1c2ccccc2c2ccccc21. The second-order valence-corrected chi connectivity index (χ2v) is 50.7. The van der Waals surface area contributed by atoms with Gasteiger partial charge in [0.25, 0.3) is 0 Å². The van der Waals surface area contributed by atoms with Crippen LogP contribution in [0.1, 0.15) is 458 Å². The Bertz CT molecular complexity index is 4530. The molecule has 10 aliphatic rings. The summed E-state index contributed by atoms with van der Waals surface area (Å²) in [6.45, 7) is 65.0. The highest BCUT2D eigenvalue weighted by atomic mass is 16.6. The molecule has 6 bridgehead atoms. The number of benzene rings is 4. The van der Waals surface area contributed by atoms with Crippen LogP contribution in [0.15, 0.2) is 91.0 Å². The topological polar surface area (TPSA) is 334 Å².